The summed E-state index contributed by atoms with van der Waals surface area (Å²) in [7, 11) is 0. The minimum Gasteiger partial charge on any atom is -0.379 e. The van der Waals surface area contributed by atoms with Crippen LogP contribution in [0.3, 0.4) is 0 Å². The first-order valence-electron chi connectivity index (χ1n) is 8.52. The number of nitrogens with one attached hydrogen (secondary N) is 1. The van der Waals surface area contributed by atoms with E-state index >= 15 is 0 Å². The SMILES string of the molecule is CCNC(=NCc1ncc(C)s1)N1CCC(N2CCOCC2)C1. The molecule has 2 saturated heterocycles. The van der Waals surface area contributed by atoms with Crippen LogP contribution in [0.2, 0.25) is 0 Å². The number of aliphatic imine (C=N–C) groups is 1. The predicted molar refractivity (Wildman–Crippen MR) is 94.0 cm³/mol. The van der Waals surface area contributed by atoms with Gasteiger partial charge in [-0.3, -0.25) is 4.90 Å². The maximum Gasteiger partial charge on any atom is 0.194 e. The quantitative estimate of drug-likeness (QED) is 0.663. The highest BCUT2D eigenvalue weighted by molar-refractivity contribution is 7.11. The Morgan fingerprint density at radius 3 is 2.96 bits per heavy atom. The lowest BCUT2D eigenvalue weighted by atomic mass is 10.2. The van der Waals surface area contributed by atoms with Crippen LogP contribution in [-0.2, 0) is 11.3 Å². The number of nitrogens with zero attached hydrogens (tertiary/aromatic N) is 4. The molecule has 0 saturated carbocycles. The van der Waals surface area contributed by atoms with Crippen LogP contribution in [0.25, 0.3) is 0 Å². The zero-order valence-electron chi connectivity index (χ0n) is 14.1. The summed E-state index contributed by atoms with van der Waals surface area (Å²) in [5, 5.41) is 4.52. The van der Waals surface area contributed by atoms with Gasteiger partial charge < -0.3 is 15.0 Å². The van der Waals surface area contributed by atoms with Crippen molar-refractivity contribution in [3.63, 3.8) is 0 Å². The van der Waals surface area contributed by atoms with E-state index in [2.05, 4.69) is 33.9 Å². The van der Waals surface area contributed by atoms with Gasteiger partial charge in [0.1, 0.15) is 5.01 Å². The molecule has 3 rings (SSSR count). The van der Waals surface area contributed by atoms with Crippen LogP contribution in [0.4, 0.5) is 0 Å². The van der Waals surface area contributed by atoms with E-state index < -0.39 is 0 Å². The first kappa shape index (κ1) is 16.7. The standard InChI is InChI=1S/C16H27N5OS/c1-3-17-16(19-11-15-18-10-13(2)23-15)21-5-4-14(12-21)20-6-8-22-9-7-20/h10,14H,3-9,11-12H2,1-2H3,(H,17,19). The summed E-state index contributed by atoms with van der Waals surface area (Å²) >= 11 is 1.73. The number of rotatable bonds is 4. The van der Waals surface area contributed by atoms with Crippen LogP contribution in [0.5, 0.6) is 0 Å². The molecule has 0 bridgehead atoms. The maximum absolute atomic E-state index is 5.46. The number of aromatic nitrogens is 1. The lowest BCUT2D eigenvalue weighted by Gasteiger charge is -2.32. The summed E-state index contributed by atoms with van der Waals surface area (Å²) in [5.74, 6) is 1.02. The van der Waals surface area contributed by atoms with Gasteiger partial charge in [-0.2, -0.15) is 0 Å². The first-order chi connectivity index (χ1) is 11.3. The number of likely N-dealkylation sites (tertiary alicyclic amines) is 1. The molecular weight excluding hydrogens is 310 g/mol. The Labute approximate surface area is 142 Å². The third-order valence-corrected chi connectivity index (χ3v) is 5.29. The van der Waals surface area contributed by atoms with Gasteiger partial charge in [-0.15, -0.1) is 11.3 Å². The molecule has 0 aromatic carbocycles. The minimum absolute atomic E-state index is 0.630. The Morgan fingerprint density at radius 2 is 2.26 bits per heavy atom. The highest BCUT2D eigenvalue weighted by Crippen LogP contribution is 2.18. The van der Waals surface area contributed by atoms with Gasteiger partial charge in [0.2, 0.25) is 0 Å². The van der Waals surface area contributed by atoms with E-state index in [9.17, 15) is 0 Å². The van der Waals surface area contributed by atoms with Crippen molar-refractivity contribution in [3.8, 4) is 0 Å². The van der Waals surface area contributed by atoms with Gasteiger partial charge in [-0.25, -0.2) is 9.98 Å². The number of guanidine groups is 1. The van der Waals surface area contributed by atoms with E-state index in [4.69, 9.17) is 9.73 Å². The van der Waals surface area contributed by atoms with E-state index in [1.54, 1.807) is 11.3 Å². The normalized spacial score (nSPS) is 23.5. The van der Waals surface area contributed by atoms with Gasteiger partial charge in [0, 0.05) is 49.8 Å². The Morgan fingerprint density at radius 1 is 1.43 bits per heavy atom. The molecule has 1 atom stereocenters. The molecule has 3 heterocycles. The van der Waals surface area contributed by atoms with Crippen LogP contribution in [0.1, 0.15) is 23.2 Å². The van der Waals surface area contributed by atoms with Crippen LogP contribution in [-0.4, -0.2) is 72.7 Å². The molecule has 0 aliphatic carbocycles. The number of hydrogen-bond acceptors (Lipinski definition) is 5. The summed E-state index contributed by atoms with van der Waals surface area (Å²) in [6, 6.07) is 0.630. The predicted octanol–water partition coefficient (Wildman–Crippen LogP) is 1.32. The van der Waals surface area contributed by atoms with E-state index in [0.717, 1.165) is 56.9 Å². The van der Waals surface area contributed by atoms with Crippen LogP contribution in [0.15, 0.2) is 11.2 Å². The van der Waals surface area contributed by atoms with Crippen molar-refractivity contribution in [2.75, 3.05) is 45.9 Å². The average molecular weight is 337 g/mol. The van der Waals surface area contributed by atoms with Gasteiger partial charge >= 0.3 is 0 Å². The minimum atomic E-state index is 0.630. The zero-order valence-corrected chi connectivity index (χ0v) is 14.9. The number of ether oxygens (including phenoxy) is 1. The number of hydrogen-bond donors (Lipinski definition) is 1. The zero-order chi connectivity index (χ0) is 16.1. The molecule has 2 fully saturated rings. The molecule has 0 spiro atoms. The second-order valence-electron chi connectivity index (χ2n) is 6.07. The van der Waals surface area contributed by atoms with Crippen molar-refractivity contribution in [1.82, 2.24) is 20.1 Å². The third kappa shape index (κ3) is 4.43. The largest absolute Gasteiger partial charge is 0.379 e. The molecular formula is C16H27N5OS. The summed E-state index contributed by atoms with van der Waals surface area (Å²) in [6.45, 7) is 11.8. The highest BCUT2D eigenvalue weighted by Gasteiger charge is 2.30. The molecule has 1 aromatic rings. The number of morpholine rings is 1. The van der Waals surface area contributed by atoms with Crippen LogP contribution >= 0.6 is 11.3 Å². The second kappa shape index (κ2) is 8.08. The molecule has 1 unspecified atom stereocenters. The van der Waals surface area contributed by atoms with Crippen LogP contribution in [0, 0.1) is 6.92 Å². The van der Waals surface area contributed by atoms with Crippen LogP contribution < -0.4 is 5.32 Å². The van der Waals surface area contributed by atoms with E-state index in [0.29, 0.717) is 12.6 Å². The molecule has 0 radical (unpaired) electrons. The molecule has 23 heavy (non-hydrogen) atoms. The Bertz CT molecular complexity index is 526. The molecule has 128 valence electrons. The third-order valence-electron chi connectivity index (χ3n) is 4.39. The molecule has 1 N–H and O–H groups in total. The fraction of sp³-hybridized carbons (Fsp3) is 0.750. The summed E-state index contributed by atoms with van der Waals surface area (Å²) < 4.78 is 5.46. The molecule has 2 aliphatic heterocycles. The van der Waals surface area contributed by atoms with Gasteiger partial charge in [0.05, 0.1) is 19.8 Å². The average Bonchev–Trinajstić information content (AvgIpc) is 3.21. The molecule has 0 amide bonds. The van der Waals surface area contributed by atoms with Crippen molar-refractivity contribution in [2.45, 2.75) is 32.9 Å². The number of thiazole rings is 1. The van der Waals surface area contributed by atoms with E-state index in [1.165, 1.54) is 11.3 Å². The highest BCUT2D eigenvalue weighted by atomic mass is 32.1. The van der Waals surface area contributed by atoms with Crippen molar-refractivity contribution in [1.29, 1.82) is 0 Å². The Hall–Kier alpha value is -1.18. The monoisotopic (exact) mass is 337 g/mol. The second-order valence-corrected chi connectivity index (χ2v) is 7.39. The van der Waals surface area contributed by atoms with Crippen molar-refractivity contribution in [2.24, 2.45) is 4.99 Å². The molecule has 2 aliphatic rings. The fourth-order valence-electron chi connectivity index (χ4n) is 3.22. The molecule has 6 nitrogen and oxygen atoms in total. The van der Waals surface area contributed by atoms with Gasteiger partial charge in [-0.05, 0) is 20.3 Å². The smallest absolute Gasteiger partial charge is 0.194 e. The first-order valence-corrected chi connectivity index (χ1v) is 9.34. The van der Waals surface area contributed by atoms with Gasteiger partial charge in [0.25, 0.3) is 0 Å². The van der Waals surface area contributed by atoms with E-state index in [1.807, 2.05) is 6.20 Å². The number of aryl methyl sites for hydroxylation is 1. The maximum atomic E-state index is 5.46. The van der Waals surface area contributed by atoms with Crippen molar-refractivity contribution < 1.29 is 4.74 Å². The fourth-order valence-corrected chi connectivity index (χ4v) is 3.93. The van der Waals surface area contributed by atoms with Gasteiger partial charge in [0.15, 0.2) is 5.96 Å². The Kier molecular flexibility index (Phi) is 5.85. The summed E-state index contributed by atoms with van der Waals surface area (Å²) in [4.78, 5) is 15.4. The van der Waals surface area contributed by atoms with Crippen molar-refractivity contribution >= 4 is 17.3 Å². The van der Waals surface area contributed by atoms with E-state index in [-0.39, 0.29) is 0 Å². The Balaban J connectivity index is 1.59. The summed E-state index contributed by atoms with van der Waals surface area (Å²) in [5.41, 5.74) is 0. The molecule has 1 aromatic heterocycles. The molecule has 7 heteroatoms. The lowest BCUT2D eigenvalue weighted by molar-refractivity contribution is 0.0195. The summed E-state index contributed by atoms with van der Waals surface area (Å²) in [6.07, 6.45) is 3.13. The topological polar surface area (TPSA) is 53.0 Å². The van der Waals surface area contributed by atoms with Gasteiger partial charge in [-0.1, -0.05) is 0 Å². The van der Waals surface area contributed by atoms with Crippen molar-refractivity contribution in [3.05, 3.63) is 16.1 Å². The lowest BCUT2D eigenvalue weighted by Crippen LogP contribution is -2.46.